The highest BCUT2D eigenvalue weighted by Gasteiger charge is 2.23. The Morgan fingerprint density at radius 2 is 1.91 bits per heavy atom. The van der Waals surface area contributed by atoms with E-state index in [-0.39, 0.29) is 0 Å². The van der Waals surface area contributed by atoms with Gasteiger partial charge in [0, 0.05) is 36.6 Å². The molecular formula is C21H18F3N7O. The average molecular weight is 441 g/mol. The molecule has 164 valence electrons. The third kappa shape index (κ3) is 3.61. The third-order valence-electron chi connectivity index (χ3n) is 5.13. The summed E-state index contributed by atoms with van der Waals surface area (Å²) in [6, 6.07) is 9.03. The predicted molar refractivity (Wildman–Crippen MR) is 111 cm³/mol. The molecule has 0 aliphatic carbocycles. The quantitative estimate of drug-likeness (QED) is 0.501. The second-order valence-corrected chi connectivity index (χ2v) is 7.18. The smallest absolute Gasteiger partial charge is 0.248 e. The molecule has 0 atom stereocenters. The van der Waals surface area contributed by atoms with Crippen LogP contribution in [0, 0.1) is 17.6 Å². The lowest BCUT2D eigenvalue weighted by Gasteiger charge is -2.27. The molecular weight excluding hydrogens is 423 g/mol. The van der Waals surface area contributed by atoms with E-state index in [0.717, 1.165) is 18.6 Å². The maximum Gasteiger partial charge on any atom is 0.248 e. The van der Waals surface area contributed by atoms with Crippen molar-refractivity contribution in [2.24, 2.45) is 0 Å². The van der Waals surface area contributed by atoms with E-state index in [1.807, 2.05) is 0 Å². The summed E-state index contributed by atoms with van der Waals surface area (Å²) in [6.45, 7) is 1.26. The van der Waals surface area contributed by atoms with Crippen LogP contribution < -0.4 is 15.0 Å². The fraction of sp³-hybridized carbons (Fsp3) is 0.190. The minimum Gasteiger partial charge on any atom is -0.494 e. The Kier molecular flexibility index (Phi) is 4.92. The molecule has 0 saturated heterocycles. The van der Waals surface area contributed by atoms with Crippen molar-refractivity contribution in [1.29, 1.82) is 0 Å². The highest BCUT2D eigenvalue weighted by molar-refractivity contribution is 5.64. The molecule has 1 N–H and O–H groups in total. The first-order valence-electron chi connectivity index (χ1n) is 9.84. The topological polar surface area (TPSA) is 73.0 Å². The largest absolute Gasteiger partial charge is 0.494 e. The van der Waals surface area contributed by atoms with E-state index in [4.69, 9.17) is 4.74 Å². The number of methoxy groups -OCH3 is 1. The number of nitrogens with one attached hydrogen (secondary N) is 1. The summed E-state index contributed by atoms with van der Waals surface area (Å²) in [7, 11) is 1.52. The number of imidazole rings is 1. The van der Waals surface area contributed by atoms with Gasteiger partial charge in [0.1, 0.15) is 12.1 Å². The maximum atomic E-state index is 13.7. The number of benzene rings is 2. The lowest BCUT2D eigenvalue weighted by molar-refractivity contribution is 0.413. The number of ether oxygens (including phenoxy) is 1. The molecule has 0 fully saturated rings. The van der Waals surface area contributed by atoms with E-state index in [1.165, 1.54) is 30.3 Å². The van der Waals surface area contributed by atoms with Crippen molar-refractivity contribution < 1.29 is 17.9 Å². The van der Waals surface area contributed by atoms with E-state index in [9.17, 15) is 13.2 Å². The number of anilines is 4. The van der Waals surface area contributed by atoms with Gasteiger partial charge in [-0.15, -0.1) is 5.10 Å². The van der Waals surface area contributed by atoms with E-state index < -0.39 is 17.6 Å². The van der Waals surface area contributed by atoms with E-state index in [1.54, 1.807) is 27.8 Å². The van der Waals surface area contributed by atoms with Crippen molar-refractivity contribution in [2.45, 2.75) is 13.0 Å². The van der Waals surface area contributed by atoms with Crippen LogP contribution in [-0.4, -0.2) is 38.0 Å². The Hall–Kier alpha value is -4.02. The monoisotopic (exact) mass is 441 g/mol. The zero-order chi connectivity index (χ0) is 22.2. The fourth-order valence-corrected chi connectivity index (χ4v) is 3.64. The van der Waals surface area contributed by atoms with Crippen LogP contribution in [0.4, 0.5) is 36.4 Å². The second kappa shape index (κ2) is 7.91. The first-order valence-corrected chi connectivity index (χ1v) is 9.84. The average Bonchev–Trinajstić information content (AvgIpc) is 3.41. The minimum atomic E-state index is -0.914. The molecule has 2 aromatic carbocycles. The van der Waals surface area contributed by atoms with Gasteiger partial charge in [0.2, 0.25) is 17.8 Å². The van der Waals surface area contributed by atoms with E-state index in [0.29, 0.717) is 47.8 Å². The van der Waals surface area contributed by atoms with Gasteiger partial charge in [0.25, 0.3) is 0 Å². The molecule has 3 heterocycles. The highest BCUT2D eigenvalue weighted by atomic mass is 19.2. The van der Waals surface area contributed by atoms with Crippen LogP contribution in [0.3, 0.4) is 0 Å². The van der Waals surface area contributed by atoms with Crippen molar-refractivity contribution in [2.75, 3.05) is 23.9 Å². The molecule has 0 bridgehead atoms. The number of halogens is 3. The molecule has 0 radical (unpaired) electrons. The Balaban J connectivity index is 1.42. The zero-order valence-electron chi connectivity index (χ0n) is 17.0. The zero-order valence-corrected chi connectivity index (χ0v) is 17.0. The van der Waals surface area contributed by atoms with Gasteiger partial charge in [-0.05, 0) is 30.7 Å². The number of hydrogen-bond acceptors (Lipinski definition) is 6. The first-order chi connectivity index (χ1) is 15.5. The van der Waals surface area contributed by atoms with Gasteiger partial charge in [-0.1, -0.05) is 0 Å². The summed E-state index contributed by atoms with van der Waals surface area (Å²) < 4.78 is 49.0. The third-order valence-corrected chi connectivity index (χ3v) is 5.13. The van der Waals surface area contributed by atoms with Gasteiger partial charge in [-0.3, -0.25) is 4.57 Å². The van der Waals surface area contributed by atoms with E-state index >= 15 is 0 Å². The predicted octanol–water partition coefficient (Wildman–Crippen LogP) is 4.18. The molecule has 0 saturated carbocycles. The number of aromatic nitrogens is 5. The molecule has 11 heteroatoms. The Labute approximate surface area is 180 Å². The van der Waals surface area contributed by atoms with Crippen LogP contribution in [-0.2, 0) is 6.54 Å². The SMILES string of the molecule is COc1cc(Nc2nc3n(n2)CCCN3c2ccc(F)c(F)c2)ccc1-n1cnc(F)c1. The Bertz CT molecular complexity index is 1290. The lowest BCUT2D eigenvalue weighted by Crippen LogP contribution is -2.28. The van der Waals surface area contributed by atoms with Crippen LogP contribution in [0.1, 0.15) is 6.42 Å². The molecule has 4 aromatic rings. The lowest BCUT2D eigenvalue weighted by atomic mass is 10.2. The molecule has 2 aromatic heterocycles. The number of nitrogens with zero attached hydrogens (tertiary/aromatic N) is 6. The van der Waals surface area contributed by atoms with Gasteiger partial charge in [0.15, 0.2) is 11.6 Å². The molecule has 32 heavy (non-hydrogen) atoms. The highest BCUT2D eigenvalue weighted by Crippen LogP contribution is 2.32. The molecule has 0 spiro atoms. The summed E-state index contributed by atoms with van der Waals surface area (Å²) in [5.74, 6) is -1.03. The van der Waals surface area contributed by atoms with Gasteiger partial charge in [-0.2, -0.15) is 9.37 Å². The Morgan fingerprint density at radius 3 is 2.66 bits per heavy atom. The van der Waals surface area contributed by atoms with Gasteiger partial charge in [-0.25, -0.2) is 18.4 Å². The van der Waals surface area contributed by atoms with Crippen LogP contribution in [0.2, 0.25) is 0 Å². The normalized spacial score (nSPS) is 13.2. The fourth-order valence-electron chi connectivity index (χ4n) is 3.64. The summed E-state index contributed by atoms with van der Waals surface area (Å²) in [5, 5.41) is 7.61. The number of fused-ring (bicyclic) bond motifs is 1. The summed E-state index contributed by atoms with van der Waals surface area (Å²) in [4.78, 5) is 9.92. The van der Waals surface area contributed by atoms with Crippen LogP contribution in [0.5, 0.6) is 5.75 Å². The van der Waals surface area contributed by atoms with Crippen molar-refractivity contribution >= 4 is 23.3 Å². The van der Waals surface area contributed by atoms with Crippen LogP contribution >= 0.6 is 0 Å². The molecule has 0 amide bonds. The van der Waals surface area contributed by atoms with Crippen LogP contribution in [0.25, 0.3) is 5.69 Å². The molecule has 5 rings (SSSR count). The van der Waals surface area contributed by atoms with Crippen molar-refractivity contribution in [3.8, 4) is 11.4 Å². The maximum absolute atomic E-state index is 13.7. The number of hydrogen-bond donors (Lipinski definition) is 1. The molecule has 8 nitrogen and oxygen atoms in total. The van der Waals surface area contributed by atoms with E-state index in [2.05, 4.69) is 20.4 Å². The first kappa shape index (κ1) is 19.9. The second-order valence-electron chi connectivity index (χ2n) is 7.18. The molecule has 1 aliphatic heterocycles. The standard InChI is InChI=1S/C21H18F3N7O/c1-32-18-9-13(3-6-17(18)29-11-19(24)25-12-29)26-20-27-21-30(7-2-8-31(21)28-20)14-4-5-15(22)16(23)10-14/h3-6,9-12H,2,7-8H2,1H3,(H,26,28). The number of aryl methyl sites for hydroxylation is 1. The van der Waals surface area contributed by atoms with Gasteiger partial charge in [0.05, 0.1) is 19.0 Å². The van der Waals surface area contributed by atoms with Crippen molar-refractivity contribution in [3.63, 3.8) is 0 Å². The summed E-state index contributed by atoms with van der Waals surface area (Å²) in [6.07, 6.45) is 3.39. The molecule has 0 unspecified atom stereocenters. The molecule has 1 aliphatic rings. The summed E-state index contributed by atoms with van der Waals surface area (Å²) in [5.41, 5.74) is 1.78. The van der Waals surface area contributed by atoms with Gasteiger partial charge >= 0.3 is 0 Å². The van der Waals surface area contributed by atoms with Gasteiger partial charge < -0.3 is 15.0 Å². The number of rotatable bonds is 5. The Morgan fingerprint density at radius 1 is 1.03 bits per heavy atom. The minimum absolute atomic E-state index is 0.345. The van der Waals surface area contributed by atoms with Crippen molar-refractivity contribution in [3.05, 3.63) is 66.5 Å². The summed E-state index contributed by atoms with van der Waals surface area (Å²) >= 11 is 0. The van der Waals surface area contributed by atoms with Crippen LogP contribution in [0.15, 0.2) is 48.9 Å². The van der Waals surface area contributed by atoms with Crippen molar-refractivity contribution in [1.82, 2.24) is 24.3 Å².